The van der Waals surface area contributed by atoms with Gasteiger partial charge in [0.15, 0.2) is 0 Å². The number of fused-ring (bicyclic) bond motifs is 6. The summed E-state index contributed by atoms with van der Waals surface area (Å²) in [4.78, 5) is 16.0. The Morgan fingerprint density at radius 2 is 1.84 bits per heavy atom. The average molecular weight is 548 g/mol. The van der Waals surface area contributed by atoms with Crippen molar-refractivity contribution in [2.45, 2.75) is 102 Å². The molecule has 0 radical (unpaired) electrons. The highest BCUT2D eigenvalue weighted by Gasteiger charge is 2.42. The standard InChI is InChI=1S/C28H45N5O4S/c1-17(2)11-21-14-29-15-22-16-33(21)27(34)20-9-6-10-23(12-20)38(35,36)32-28-30-24(13-25(31-28)37-22)26-18(3)7-5-8-19(26)4/h5,7-8,17,20-25,28-32H,6,9-16H2,1-4H3/t20?,21-,22+,23?,24?,25?,28?/m1/s1. The first kappa shape index (κ1) is 28.0. The quantitative estimate of drug-likeness (QED) is 0.459. The molecule has 3 aliphatic heterocycles. The molecule has 0 aromatic heterocycles. The monoisotopic (exact) mass is 547 g/mol. The highest BCUT2D eigenvalue weighted by atomic mass is 32.2. The molecule has 4 aliphatic rings. The maximum atomic E-state index is 14.0. The van der Waals surface area contributed by atoms with Crippen LogP contribution < -0.4 is 20.7 Å². The van der Waals surface area contributed by atoms with Crippen molar-refractivity contribution in [2.24, 2.45) is 11.8 Å². The normalized spacial score (nSPS) is 36.1. The van der Waals surface area contributed by atoms with Gasteiger partial charge in [-0.05, 0) is 62.1 Å². The van der Waals surface area contributed by atoms with Crippen molar-refractivity contribution in [3.63, 3.8) is 0 Å². The molecule has 0 spiro atoms. The summed E-state index contributed by atoms with van der Waals surface area (Å²) in [5, 5.41) is 9.87. The van der Waals surface area contributed by atoms with Crippen LogP contribution >= 0.6 is 0 Å². The van der Waals surface area contributed by atoms with E-state index in [9.17, 15) is 13.2 Å². The van der Waals surface area contributed by atoms with E-state index in [-0.39, 0.29) is 36.2 Å². The van der Waals surface area contributed by atoms with Gasteiger partial charge < -0.3 is 15.0 Å². The second-order valence-corrected chi connectivity index (χ2v) is 14.2. The summed E-state index contributed by atoms with van der Waals surface area (Å²) >= 11 is 0. The summed E-state index contributed by atoms with van der Waals surface area (Å²) in [6.45, 7) is 10.5. The van der Waals surface area contributed by atoms with Crippen molar-refractivity contribution < 1.29 is 17.9 Å². The molecular weight excluding hydrogens is 502 g/mol. The third-order valence-electron chi connectivity index (χ3n) is 8.73. The number of rotatable bonds is 3. The molecule has 38 heavy (non-hydrogen) atoms. The number of hydrogen-bond donors (Lipinski definition) is 4. The molecule has 7 atom stereocenters. The molecular formula is C28H45N5O4S. The summed E-state index contributed by atoms with van der Waals surface area (Å²) in [6, 6.07) is 6.24. The Kier molecular flexibility index (Phi) is 8.47. The molecule has 6 bridgehead atoms. The lowest BCUT2D eigenvalue weighted by Crippen LogP contribution is -2.64. The minimum Gasteiger partial charge on any atom is -0.357 e. The van der Waals surface area contributed by atoms with Crippen LogP contribution in [0.25, 0.3) is 0 Å². The van der Waals surface area contributed by atoms with Crippen molar-refractivity contribution in [1.29, 1.82) is 0 Å². The van der Waals surface area contributed by atoms with Gasteiger partial charge in [-0.15, -0.1) is 0 Å². The van der Waals surface area contributed by atoms with E-state index >= 15 is 0 Å². The minimum absolute atomic E-state index is 0.0763. The van der Waals surface area contributed by atoms with E-state index in [4.69, 9.17) is 4.74 Å². The third-order valence-corrected chi connectivity index (χ3v) is 10.6. The molecule has 9 nitrogen and oxygen atoms in total. The molecule has 3 heterocycles. The van der Waals surface area contributed by atoms with Gasteiger partial charge in [0.1, 0.15) is 12.5 Å². The molecule has 1 aromatic carbocycles. The Morgan fingerprint density at radius 3 is 2.58 bits per heavy atom. The zero-order valence-corrected chi connectivity index (χ0v) is 24.0. The number of aryl methyl sites for hydroxylation is 2. The van der Waals surface area contributed by atoms with Crippen LogP contribution in [0.5, 0.6) is 0 Å². The maximum Gasteiger partial charge on any atom is 0.226 e. The summed E-state index contributed by atoms with van der Waals surface area (Å²) in [7, 11) is -3.67. The first-order valence-electron chi connectivity index (χ1n) is 14.4. The fourth-order valence-electron chi connectivity index (χ4n) is 6.97. The third kappa shape index (κ3) is 6.10. The largest absolute Gasteiger partial charge is 0.357 e. The average Bonchev–Trinajstić information content (AvgIpc) is 3.04. The van der Waals surface area contributed by atoms with Crippen LogP contribution in [0.2, 0.25) is 0 Å². The van der Waals surface area contributed by atoms with Crippen LogP contribution in [0.3, 0.4) is 0 Å². The molecule has 3 saturated heterocycles. The van der Waals surface area contributed by atoms with Gasteiger partial charge in [-0.25, -0.2) is 8.42 Å². The van der Waals surface area contributed by atoms with Crippen molar-refractivity contribution >= 4 is 15.9 Å². The lowest BCUT2D eigenvalue weighted by Gasteiger charge is -2.40. The van der Waals surface area contributed by atoms with E-state index in [1.54, 1.807) is 0 Å². The smallest absolute Gasteiger partial charge is 0.226 e. The lowest BCUT2D eigenvalue weighted by molar-refractivity contribution is -0.142. The van der Waals surface area contributed by atoms with Gasteiger partial charge in [0, 0.05) is 44.1 Å². The van der Waals surface area contributed by atoms with Gasteiger partial charge >= 0.3 is 0 Å². The van der Waals surface area contributed by atoms with E-state index in [2.05, 4.69) is 66.6 Å². The number of ether oxygens (including phenoxy) is 1. The van der Waals surface area contributed by atoms with Crippen molar-refractivity contribution in [3.05, 3.63) is 34.9 Å². The van der Waals surface area contributed by atoms with Crippen molar-refractivity contribution in [1.82, 2.24) is 25.6 Å². The first-order valence-corrected chi connectivity index (χ1v) is 15.9. The summed E-state index contributed by atoms with van der Waals surface area (Å²) in [6.07, 6.45) is 2.75. The van der Waals surface area contributed by atoms with E-state index < -0.39 is 21.6 Å². The van der Waals surface area contributed by atoms with Gasteiger partial charge in [-0.3, -0.25) is 15.4 Å². The fourth-order valence-corrected chi connectivity index (χ4v) is 8.59. The predicted molar refractivity (Wildman–Crippen MR) is 148 cm³/mol. The summed E-state index contributed by atoms with van der Waals surface area (Å²) in [5.74, 6) is 0.266. The molecule has 5 unspecified atom stereocenters. The second-order valence-electron chi connectivity index (χ2n) is 12.2. The molecule has 10 heteroatoms. The number of benzene rings is 1. The molecule has 4 N–H and O–H groups in total. The highest BCUT2D eigenvalue weighted by molar-refractivity contribution is 7.90. The maximum absolute atomic E-state index is 14.0. The molecule has 1 aliphatic carbocycles. The summed E-state index contributed by atoms with van der Waals surface area (Å²) in [5.41, 5.74) is 3.52. The zero-order valence-electron chi connectivity index (χ0n) is 23.2. The van der Waals surface area contributed by atoms with E-state index in [1.807, 2.05) is 4.90 Å². The van der Waals surface area contributed by atoms with Crippen LogP contribution in [0.4, 0.5) is 0 Å². The molecule has 4 fully saturated rings. The van der Waals surface area contributed by atoms with Gasteiger partial charge in [-0.1, -0.05) is 38.5 Å². The number of amides is 1. The first-order chi connectivity index (χ1) is 18.1. The van der Waals surface area contributed by atoms with Gasteiger partial charge in [0.25, 0.3) is 0 Å². The Morgan fingerprint density at radius 1 is 1.08 bits per heavy atom. The van der Waals surface area contributed by atoms with Gasteiger partial charge in [-0.2, -0.15) is 4.72 Å². The number of nitrogens with zero attached hydrogens (tertiary/aromatic N) is 1. The number of nitrogens with one attached hydrogen (secondary N) is 4. The number of hydrogen-bond acceptors (Lipinski definition) is 7. The predicted octanol–water partition coefficient (Wildman–Crippen LogP) is 2.26. The van der Waals surface area contributed by atoms with Crippen LogP contribution in [0.1, 0.15) is 75.1 Å². The van der Waals surface area contributed by atoms with E-state index in [0.717, 1.165) is 25.8 Å². The Balaban J connectivity index is 1.50. The lowest BCUT2D eigenvalue weighted by atomic mass is 9.87. The second kappa shape index (κ2) is 11.5. The van der Waals surface area contributed by atoms with Crippen LogP contribution in [0.15, 0.2) is 18.2 Å². The summed E-state index contributed by atoms with van der Waals surface area (Å²) < 4.78 is 36.8. The van der Waals surface area contributed by atoms with Crippen LogP contribution in [-0.4, -0.2) is 68.8 Å². The van der Waals surface area contributed by atoms with E-state index in [0.29, 0.717) is 38.3 Å². The van der Waals surface area contributed by atoms with E-state index in [1.165, 1.54) is 16.7 Å². The number of sulfonamides is 1. The minimum atomic E-state index is -3.67. The molecule has 5 rings (SSSR count). The molecule has 1 saturated carbocycles. The SMILES string of the molecule is Cc1cccc(C)c1C1CC2NC(N1)NS(=O)(=O)C1CCCC(C1)C(=O)N1C[C@H](CNC[C@H]1CC(C)C)O2. The Labute approximate surface area is 227 Å². The Bertz CT molecular complexity index is 1090. The zero-order chi connectivity index (χ0) is 27.0. The Hall–Kier alpha value is -1.56. The van der Waals surface area contributed by atoms with Crippen LogP contribution in [-0.2, 0) is 19.6 Å². The van der Waals surface area contributed by atoms with Crippen molar-refractivity contribution in [2.75, 3.05) is 19.6 Å². The fraction of sp³-hybridized carbons (Fsp3) is 0.750. The molecule has 1 amide bonds. The highest BCUT2D eigenvalue weighted by Crippen LogP contribution is 2.33. The van der Waals surface area contributed by atoms with Gasteiger partial charge in [0.2, 0.25) is 15.9 Å². The molecule has 212 valence electrons. The number of carbonyl (C=O) groups excluding carboxylic acids is 1. The topological polar surface area (TPSA) is 112 Å². The van der Waals surface area contributed by atoms with Crippen molar-refractivity contribution in [3.8, 4) is 0 Å². The van der Waals surface area contributed by atoms with Gasteiger partial charge in [0.05, 0.1) is 11.4 Å². The van der Waals surface area contributed by atoms with Crippen LogP contribution in [0, 0.1) is 25.7 Å². The number of carbonyl (C=O) groups is 1. The molecule has 1 aromatic rings.